The summed E-state index contributed by atoms with van der Waals surface area (Å²) in [5, 5.41) is 1.04. The zero-order valence-electron chi connectivity index (χ0n) is 18.2. The number of nitrogens with zero attached hydrogens (tertiary/aromatic N) is 1. The molecule has 0 amide bonds. The Bertz CT molecular complexity index is 1120. The minimum atomic E-state index is -3.33. The Labute approximate surface area is 165 Å². The number of nitrogens with one attached hydrogen (secondary N) is 1. The SMILES string of the molecule is [2H][13C]([2H])([2H])N1CCC[C@@H]1Cc1c[nH]c2ccc(CCS(=O)(=O)c3ccccc3)cc12. The van der Waals surface area contributed by atoms with Gasteiger partial charge in [0.25, 0.3) is 0 Å². The second-order valence-corrected chi connectivity index (χ2v) is 9.38. The van der Waals surface area contributed by atoms with Crippen molar-refractivity contribution in [2.45, 2.75) is 36.6 Å². The molecule has 1 N–H and O–H groups in total. The van der Waals surface area contributed by atoms with Crippen molar-refractivity contribution in [3.63, 3.8) is 0 Å². The summed E-state index contributed by atoms with van der Waals surface area (Å²) < 4.78 is 48.5. The number of hydrogen-bond donors (Lipinski definition) is 1. The second-order valence-electron chi connectivity index (χ2n) is 7.27. The molecular formula is C22H26N2O2S. The van der Waals surface area contributed by atoms with Gasteiger partial charge in [0, 0.05) is 27.3 Å². The Morgan fingerprint density at radius 2 is 2.07 bits per heavy atom. The number of aromatic amines is 1. The van der Waals surface area contributed by atoms with E-state index in [1.54, 1.807) is 35.2 Å². The number of hydrogen-bond acceptors (Lipinski definition) is 3. The molecule has 27 heavy (non-hydrogen) atoms. The highest BCUT2D eigenvalue weighted by Crippen LogP contribution is 2.26. The van der Waals surface area contributed by atoms with Crippen molar-refractivity contribution >= 4 is 20.7 Å². The van der Waals surface area contributed by atoms with Crippen LogP contribution in [0, 0.1) is 0 Å². The van der Waals surface area contributed by atoms with Crippen molar-refractivity contribution < 1.29 is 12.5 Å². The summed E-state index contributed by atoms with van der Waals surface area (Å²) in [6.45, 7) is -1.46. The van der Waals surface area contributed by atoms with Gasteiger partial charge in [0.15, 0.2) is 9.84 Å². The van der Waals surface area contributed by atoms with Gasteiger partial charge >= 0.3 is 0 Å². The first-order valence-corrected chi connectivity index (χ1v) is 11.0. The number of fused-ring (bicyclic) bond motifs is 1. The highest BCUT2D eigenvalue weighted by Gasteiger charge is 2.22. The highest BCUT2D eigenvalue weighted by molar-refractivity contribution is 7.91. The van der Waals surface area contributed by atoms with Crippen LogP contribution >= 0.6 is 0 Å². The van der Waals surface area contributed by atoms with Crippen LogP contribution in [0.4, 0.5) is 0 Å². The summed E-state index contributed by atoms with van der Waals surface area (Å²) in [4.78, 5) is 5.24. The lowest BCUT2D eigenvalue weighted by Crippen LogP contribution is -2.26. The third-order valence-electron chi connectivity index (χ3n) is 5.43. The largest absolute Gasteiger partial charge is 0.361 e. The van der Waals surface area contributed by atoms with Gasteiger partial charge in [-0.05, 0) is 74.6 Å². The Morgan fingerprint density at radius 1 is 1.22 bits per heavy atom. The van der Waals surface area contributed by atoms with E-state index in [2.05, 4.69) is 4.98 Å². The first kappa shape index (κ1) is 14.9. The average molecular weight is 387 g/mol. The molecule has 0 spiro atoms. The van der Waals surface area contributed by atoms with Crippen molar-refractivity contribution in [2.24, 2.45) is 0 Å². The van der Waals surface area contributed by atoms with Crippen molar-refractivity contribution in [1.29, 1.82) is 0 Å². The third-order valence-corrected chi connectivity index (χ3v) is 7.16. The summed E-state index contributed by atoms with van der Waals surface area (Å²) in [6, 6.07) is 14.5. The van der Waals surface area contributed by atoms with Crippen LogP contribution in [0.25, 0.3) is 10.9 Å². The average Bonchev–Trinajstić information content (AvgIpc) is 3.34. The summed E-state index contributed by atoms with van der Waals surface area (Å²) in [5.74, 6) is 0.0533. The fourth-order valence-corrected chi connectivity index (χ4v) is 5.16. The molecule has 4 nitrogen and oxygen atoms in total. The number of benzene rings is 2. The van der Waals surface area contributed by atoms with Crippen molar-refractivity contribution in [3.8, 4) is 0 Å². The molecule has 1 aliphatic heterocycles. The Kier molecular flexibility index (Phi) is 4.13. The molecule has 1 saturated heterocycles. The number of aryl methyl sites for hydroxylation is 1. The minimum absolute atomic E-state index is 0.00128. The molecule has 3 aromatic rings. The van der Waals surface area contributed by atoms with Crippen molar-refractivity contribution in [2.75, 3.05) is 19.3 Å². The number of H-pyrrole nitrogens is 1. The van der Waals surface area contributed by atoms with E-state index in [4.69, 9.17) is 4.11 Å². The smallest absolute Gasteiger partial charge is 0.178 e. The number of likely N-dealkylation sites (tertiary alicyclic amines) is 1. The quantitative estimate of drug-likeness (QED) is 0.655. The molecule has 0 aliphatic carbocycles. The molecule has 4 rings (SSSR count). The summed E-state index contributed by atoms with van der Waals surface area (Å²) in [5.41, 5.74) is 3.03. The van der Waals surface area contributed by atoms with Crippen LogP contribution in [0.5, 0.6) is 0 Å². The Morgan fingerprint density at radius 3 is 2.89 bits per heavy atom. The molecule has 1 fully saturated rings. The predicted molar refractivity (Wildman–Crippen MR) is 110 cm³/mol. The summed E-state index contributed by atoms with van der Waals surface area (Å²) in [7, 11) is -3.33. The van der Waals surface area contributed by atoms with Crippen LogP contribution in [0.2, 0.25) is 0 Å². The molecule has 1 aliphatic rings. The molecule has 5 heteroatoms. The number of sulfone groups is 1. The Balaban J connectivity index is 1.52. The third kappa shape index (κ3) is 3.94. The van der Waals surface area contributed by atoms with Crippen LogP contribution in [0.1, 0.15) is 28.1 Å². The summed E-state index contributed by atoms with van der Waals surface area (Å²) in [6.07, 6.45) is 4.83. The molecule has 0 saturated carbocycles. The van der Waals surface area contributed by atoms with Gasteiger partial charge in [0.2, 0.25) is 0 Å². The molecule has 0 radical (unpaired) electrons. The lowest BCUT2D eigenvalue weighted by atomic mass is 10.0. The van der Waals surface area contributed by atoms with E-state index in [-0.39, 0.29) is 11.8 Å². The van der Waals surface area contributed by atoms with E-state index in [0.717, 1.165) is 34.9 Å². The van der Waals surface area contributed by atoms with E-state index in [0.29, 0.717) is 24.3 Å². The van der Waals surface area contributed by atoms with Gasteiger partial charge in [0.1, 0.15) is 0 Å². The van der Waals surface area contributed by atoms with Crippen LogP contribution in [0.3, 0.4) is 0 Å². The fourth-order valence-electron chi connectivity index (χ4n) is 3.85. The standard InChI is InChI=1S/C22H26N2O2S/c1-24-12-5-6-19(24)15-18-16-23-22-10-9-17(14-21(18)22)11-13-27(25,26)20-7-3-2-4-8-20/h2-4,7-10,14,16,19,23H,5-6,11-13,15H2,1H3/t19-/m1/s1/i1+1D3. The maximum absolute atomic E-state index is 12.6. The van der Waals surface area contributed by atoms with E-state index in [1.807, 2.05) is 24.4 Å². The van der Waals surface area contributed by atoms with Gasteiger partial charge in [-0.25, -0.2) is 8.42 Å². The van der Waals surface area contributed by atoms with Crippen molar-refractivity contribution in [3.05, 3.63) is 65.9 Å². The van der Waals surface area contributed by atoms with Gasteiger partial charge in [-0.15, -0.1) is 0 Å². The van der Waals surface area contributed by atoms with Gasteiger partial charge < -0.3 is 9.88 Å². The van der Waals surface area contributed by atoms with E-state index in [9.17, 15) is 8.42 Å². The second kappa shape index (κ2) is 7.49. The molecule has 0 unspecified atom stereocenters. The molecule has 1 aromatic heterocycles. The molecule has 2 heterocycles. The minimum Gasteiger partial charge on any atom is -0.361 e. The lowest BCUT2D eigenvalue weighted by molar-refractivity contribution is 0.310. The maximum atomic E-state index is 12.6. The van der Waals surface area contributed by atoms with Crippen LogP contribution in [0.15, 0.2) is 59.6 Å². The van der Waals surface area contributed by atoms with Crippen LogP contribution < -0.4 is 0 Å². The molecular weight excluding hydrogens is 357 g/mol. The van der Waals surface area contributed by atoms with E-state index >= 15 is 0 Å². The van der Waals surface area contributed by atoms with Gasteiger partial charge in [-0.3, -0.25) is 0 Å². The maximum Gasteiger partial charge on any atom is 0.178 e. The summed E-state index contributed by atoms with van der Waals surface area (Å²) >= 11 is 0. The highest BCUT2D eigenvalue weighted by atomic mass is 32.2. The first-order chi connectivity index (χ1) is 14.2. The number of rotatable bonds is 6. The molecule has 142 valence electrons. The van der Waals surface area contributed by atoms with E-state index < -0.39 is 16.8 Å². The zero-order chi connectivity index (χ0) is 21.4. The van der Waals surface area contributed by atoms with Crippen molar-refractivity contribution in [1.82, 2.24) is 9.88 Å². The topological polar surface area (TPSA) is 53.2 Å². The number of aromatic nitrogens is 1. The van der Waals surface area contributed by atoms with Crippen LogP contribution in [-0.2, 0) is 22.7 Å². The Hall–Kier alpha value is -2.11. The predicted octanol–water partition coefficient (Wildman–Crippen LogP) is 3.82. The van der Waals surface area contributed by atoms with Gasteiger partial charge in [0.05, 0.1) is 10.6 Å². The first-order valence-electron chi connectivity index (χ1n) is 10.9. The van der Waals surface area contributed by atoms with E-state index in [1.165, 1.54) is 0 Å². The normalized spacial score (nSPS) is 20.4. The lowest BCUT2D eigenvalue weighted by Gasteiger charge is -2.18. The van der Waals surface area contributed by atoms with Gasteiger partial charge in [-0.1, -0.05) is 24.3 Å². The number of likely N-dealkylation sites (N-methyl/N-ethyl adjacent to an activating group) is 1. The van der Waals surface area contributed by atoms with Gasteiger partial charge in [-0.2, -0.15) is 0 Å². The fraction of sp³-hybridized carbons (Fsp3) is 0.364. The molecule has 0 bridgehead atoms. The monoisotopic (exact) mass is 386 g/mol. The molecule has 1 atom stereocenters. The molecule has 2 aromatic carbocycles. The zero-order valence-corrected chi connectivity index (χ0v) is 16.0. The van der Waals surface area contributed by atoms with Crippen LogP contribution in [-0.4, -0.2) is 43.6 Å².